The molecule has 1 amide bonds. The molecular formula is C26H27BBrF6N5O4S2. The molecule has 0 aromatic carbocycles. The molecule has 244 valence electrons. The molecule has 4 aromatic heterocycles. The number of nitrogens with one attached hydrogen (secondary N) is 1. The van der Waals surface area contributed by atoms with Gasteiger partial charge in [-0.15, -0.1) is 22.7 Å². The minimum Gasteiger partial charge on any atom is -0.423 e. The average molecular weight is 742 g/mol. The first-order valence-corrected chi connectivity index (χ1v) is 14.6. The molecule has 9 nitrogen and oxygen atoms in total. The molecule has 0 saturated heterocycles. The van der Waals surface area contributed by atoms with Crippen LogP contribution in [0.25, 0.3) is 10.6 Å². The zero-order chi connectivity index (χ0) is 33.4. The number of carbonyl (C=O) groups excluding carboxylic acids is 2. The number of alkyl halides is 6. The second-order valence-electron chi connectivity index (χ2n) is 8.88. The molecule has 0 radical (unpaired) electrons. The molecule has 0 aliphatic heterocycles. The first kappa shape index (κ1) is 39.8. The van der Waals surface area contributed by atoms with Crippen molar-refractivity contribution in [1.29, 1.82) is 0 Å². The fourth-order valence-electron chi connectivity index (χ4n) is 3.29. The zero-order valence-electron chi connectivity index (χ0n) is 23.2. The van der Waals surface area contributed by atoms with Crippen molar-refractivity contribution in [2.75, 3.05) is 5.32 Å². The van der Waals surface area contributed by atoms with Crippen LogP contribution in [0.1, 0.15) is 49.5 Å². The number of amides is 1. The third-order valence-corrected chi connectivity index (χ3v) is 7.33. The highest BCUT2D eigenvalue weighted by atomic mass is 79.9. The van der Waals surface area contributed by atoms with Crippen molar-refractivity contribution in [3.8, 4) is 10.6 Å². The summed E-state index contributed by atoms with van der Waals surface area (Å²) in [7, 11) is -1.80. The fourth-order valence-corrected chi connectivity index (χ4v) is 5.03. The molecule has 4 heterocycles. The lowest BCUT2D eigenvalue weighted by Gasteiger charge is -2.09. The highest BCUT2D eigenvalue weighted by molar-refractivity contribution is 9.11. The highest BCUT2D eigenvalue weighted by Gasteiger charge is 2.35. The van der Waals surface area contributed by atoms with Gasteiger partial charge in [0.05, 0.1) is 5.69 Å². The predicted molar refractivity (Wildman–Crippen MR) is 164 cm³/mol. The Hall–Kier alpha value is -3.26. The molecule has 0 unspecified atom stereocenters. The molecule has 0 aliphatic carbocycles. The largest absolute Gasteiger partial charge is 0.490 e. The van der Waals surface area contributed by atoms with Crippen LogP contribution in [-0.2, 0) is 28.4 Å². The van der Waals surface area contributed by atoms with Crippen LogP contribution in [0, 0.1) is 13.8 Å². The molecule has 19 heteroatoms. The summed E-state index contributed by atoms with van der Waals surface area (Å²) in [4.78, 5) is 36.2. The number of thiazole rings is 2. The van der Waals surface area contributed by atoms with Gasteiger partial charge in [-0.2, -0.15) is 26.3 Å². The summed E-state index contributed by atoms with van der Waals surface area (Å²) in [5.74, 6) is 0.491. The van der Waals surface area contributed by atoms with Gasteiger partial charge in [-0.05, 0) is 53.9 Å². The molecule has 0 fully saturated rings. The van der Waals surface area contributed by atoms with Crippen molar-refractivity contribution in [2.45, 2.75) is 53.9 Å². The van der Waals surface area contributed by atoms with Crippen LogP contribution in [0.5, 0.6) is 0 Å². The summed E-state index contributed by atoms with van der Waals surface area (Å²) in [5.41, 5.74) is -0.897. The Morgan fingerprint density at radius 1 is 0.911 bits per heavy atom. The number of Topliss-reactive ketones (excluding diaryl/α,β-unsaturated/α-hetero) is 1. The summed E-state index contributed by atoms with van der Waals surface area (Å²) >= 11 is 5.90. The van der Waals surface area contributed by atoms with Crippen LogP contribution in [0.4, 0.5) is 32.2 Å². The number of halogens is 7. The van der Waals surface area contributed by atoms with Gasteiger partial charge in [0.15, 0.2) is 3.92 Å². The van der Waals surface area contributed by atoms with E-state index in [1.165, 1.54) is 56.4 Å². The van der Waals surface area contributed by atoms with Gasteiger partial charge in [-0.25, -0.2) is 9.97 Å². The maximum absolute atomic E-state index is 12.6. The molecular weight excluding hydrogens is 715 g/mol. The maximum atomic E-state index is 12.6. The van der Waals surface area contributed by atoms with Crippen molar-refractivity contribution in [2.24, 2.45) is 0 Å². The van der Waals surface area contributed by atoms with E-state index < -0.39 is 30.9 Å². The van der Waals surface area contributed by atoms with E-state index in [1.807, 2.05) is 0 Å². The Balaban J connectivity index is 0.000000355. The van der Waals surface area contributed by atoms with Crippen LogP contribution < -0.4 is 10.8 Å². The molecule has 0 spiro atoms. The molecule has 0 saturated carbocycles. The van der Waals surface area contributed by atoms with Crippen LogP contribution >= 0.6 is 38.6 Å². The van der Waals surface area contributed by atoms with Gasteiger partial charge < -0.3 is 15.4 Å². The Bertz CT molecular complexity index is 1600. The lowest BCUT2D eigenvalue weighted by molar-refractivity contribution is -0.142. The number of nitrogens with zero attached hydrogens (tertiary/aromatic N) is 4. The number of aryl methyl sites for hydroxylation is 2. The molecule has 0 aliphatic rings. The smallest absolute Gasteiger partial charge is 0.423 e. The lowest BCUT2D eigenvalue weighted by Crippen LogP contribution is -2.31. The van der Waals surface area contributed by atoms with Crippen LogP contribution in [0.2, 0.25) is 0 Å². The average Bonchev–Trinajstić information content (AvgIpc) is 3.51. The summed E-state index contributed by atoms with van der Waals surface area (Å²) < 4.78 is 75.2. The standard InChI is InChI=1S/C13H11F3N2OS.C7H7BF3NO2.C5H5BrN2OS.CH4/c1-7-3-9(5-17-11(7)13(14,15)16)12-18-10(6-20-12)4-8(2)19;1-4-2-5(8(13)14)3-12-6(4)7(9,10)11;1-3(9)7-4-2-10-5(6)8-4;/h3,5-6H,4H2,1-2H3;2-3,13-14H,1H3;2H,1H3,(H,7,9);1H4. The summed E-state index contributed by atoms with van der Waals surface area (Å²) in [6.45, 7) is 5.49. The second kappa shape index (κ2) is 16.9. The molecule has 45 heavy (non-hydrogen) atoms. The Morgan fingerprint density at radius 2 is 1.47 bits per heavy atom. The van der Waals surface area contributed by atoms with E-state index in [2.05, 4.69) is 41.2 Å². The zero-order valence-corrected chi connectivity index (χ0v) is 26.4. The number of pyridine rings is 2. The van der Waals surface area contributed by atoms with E-state index in [0.717, 1.165) is 22.4 Å². The first-order chi connectivity index (χ1) is 20.3. The number of ketones is 1. The molecule has 4 rings (SSSR count). The number of hydrogen-bond acceptors (Lipinski definition) is 10. The van der Waals surface area contributed by atoms with Gasteiger partial charge in [0.25, 0.3) is 0 Å². The van der Waals surface area contributed by atoms with Crippen LogP contribution in [-0.4, -0.2) is 48.8 Å². The number of hydrogen-bond donors (Lipinski definition) is 3. The number of aromatic nitrogens is 4. The molecule has 0 atom stereocenters. The predicted octanol–water partition coefficient (Wildman–Crippen LogP) is 6.25. The second-order valence-corrected chi connectivity index (χ2v) is 11.9. The minimum atomic E-state index is -4.51. The minimum absolute atomic E-state index is 0. The van der Waals surface area contributed by atoms with E-state index in [-0.39, 0.29) is 42.1 Å². The van der Waals surface area contributed by atoms with Gasteiger partial charge in [0, 0.05) is 47.5 Å². The van der Waals surface area contributed by atoms with Crippen molar-refractivity contribution in [3.05, 3.63) is 67.4 Å². The van der Waals surface area contributed by atoms with Gasteiger partial charge >= 0.3 is 19.5 Å². The summed E-state index contributed by atoms with van der Waals surface area (Å²) in [5, 5.41) is 24.0. The van der Waals surface area contributed by atoms with Gasteiger partial charge in [0.2, 0.25) is 5.91 Å². The van der Waals surface area contributed by atoms with E-state index in [9.17, 15) is 35.9 Å². The maximum Gasteiger partial charge on any atom is 0.490 e. The highest BCUT2D eigenvalue weighted by Crippen LogP contribution is 2.33. The normalized spacial score (nSPS) is 10.9. The molecule has 4 aromatic rings. The Labute approximate surface area is 271 Å². The number of carbonyl (C=O) groups is 2. The van der Waals surface area contributed by atoms with Crippen LogP contribution in [0.15, 0.2) is 39.2 Å². The van der Waals surface area contributed by atoms with E-state index in [0.29, 0.717) is 22.1 Å². The summed E-state index contributed by atoms with van der Waals surface area (Å²) in [6, 6.07) is 2.45. The van der Waals surface area contributed by atoms with Crippen molar-refractivity contribution >= 4 is 68.7 Å². The van der Waals surface area contributed by atoms with Crippen molar-refractivity contribution in [3.63, 3.8) is 0 Å². The van der Waals surface area contributed by atoms with Crippen LogP contribution in [0.3, 0.4) is 0 Å². The number of rotatable bonds is 5. The van der Waals surface area contributed by atoms with Gasteiger partial charge in [-0.1, -0.05) is 13.5 Å². The van der Waals surface area contributed by atoms with Crippen molar-refractivity contribution in [1.82, 2.24) is 19.9 Å². The first-order valence-electron chi connectivity index (χ1n) is 12.0. The van der Waals surface area contributed by atoms with Gasteiger partial charge in [-0.3, -0.25) is 19.6 Å². The quantitative estimate of drug-likeness (QED) is 0.161. The fraction of sp³-hybridized carbons (Fsp3) is 0.308. The van der Waals surface area contributed by atoms with E-state index >= 15 is 0 Å². The Kier molecular flexibility index (Phi) is 14.9. The molecule has 0 bridgehead atoms. The Morgan fingerprint density at radius 3 is 1.89 bits per heavy atom. The third-order valence-electron chi connectivity index (χ3n) is 5.02. The third kappa shape index (κ3) is 12.9. The monoisotopic (exact) mass is 741 g/mol. The van der Waals surface area contributed by atoms with E-state index in [1.54, 1.807) is 10.8 Å². The summed E-state index contributed by atoms with van der Waals surface area (Å²) in [6.07, 6.45) is -6.79. The lowest BCUT2D eigenvalue weighted by atomic mass is 9.81. The van der Waals surface area contributed by atoms with Crippen molar-refractivity contribution < 1.29 is 46.0 Å². The van der Waals surface area contributed by atoms with Gasteiger partial charge in [0.1, 0.15) is 28.0 Å². The molecule has 3 N–H and O–H groups in total. The topological polar surface area (TPSA) is 138 Å². The van der Waals surface area contributed by atoms with E-state index in [4.69, 9.17) is 10.0 Å². The number of anilines is 1. The SMILES string of the molecule is C.CC(=O)Cc1csc(-c2cnc(C(F)(F)F)c(C)c2)n1.CC(=O)Nc1csc(Br)n1.Cc1cc(B(O)O)cnc1C(F)(F)F.